The molecular weight excluding hydrogens is 416 g/mol. The van der Waals surface area contributed by atoms with Crippen LogP contribution in [0.25, 0.3) is 0 Å². The number of hydrogen-bond donors (Lipinski definition) is 2. The average molecular weight is 443 g/mol. The van der Waals surface area contributed by atoms with Gasteiger partial charge in [0.1, 0.15) is 29.2 Å². The van der Waals surface area contributed by atoms with E-state index < -0.39 is 12.0 Å². The van der Waals surface area contributed by atoms with E-state index in [-0.39, 0.29) is 17.2 Å². The van der Waals surface area contributed by atoms with E-state index in [0.29, 0.717) is 43.5 Å². The number of rotatable bonds is 10. The summed E-state index contributed by atoms with van der Waals surface area (Å²) in [4.78, 5) is 18.0. The molecule has 3 atom stereocenters. The Hall–Kier alpha value is -1.46. The van der Waals surface area contributed by atoms with E-state index >= 15 is 0 Å². The van der Waals surface area contributed by atoms with Crippen LogP contribution in [-0.4, -0.2) is 95.7 Å². The quantitative estimate of drug-likeness (QED) is 0.525. The maximum atomic E-state index is 11.3. The smallest absolute Gasteiger partial charge is 0.321 e. The van der Waals surface area contributed by atoms with Gasteiger partial charge in [-0.1, -0.05) is 0 Å². The average Bonchev–Trinajstić information content (AvgIpc) is 3.31. The lowest BCUT2D eigenvalue weighted by molar-refractivity contribution is -0.141. The zero-order valence-corrected chi connectivity index (χ0v) is 18.1. The van der Waals surface area contributed by atoms with Crippen molar-refractivity contribution in [2.24, 2.45) is 4.99 Å². The fourth-order valence-corrected chi connectivity index (χ4v) is 5.92. The summed E-state index contributed by atoms with van der Waals surface area (Å²) in [6.45, 7) is 1.89. The molecular formula is C19H26N2O6S2. The predicted octanol–water partition coefficient (Wildman–Crippen LogP) is 1.75. The van der Waals surface area contributed by atoms with Gasteiger partial charge in [0.15, 0.2) is 0 Å². The summed E-state index contributed by atoms with van der Waals surface area (Å²) < 4.78 is 15.8. The summed E-state index contributed by atoms with van der Waals surface area (Å²) in [5.74, 6) is 1.21. The summed E-state index contributed by atoms with van der Waals surface area (Å²) in [6.07, 6.45) is 0. The Morgan fingerprint density at radius 1 is 1.28 bits per heavy atom. The second-order valence-corrected chi connectivity index (χ2v) is 8.85. The number of nitrogens with zero attached hydrogens (tertiary/aromatic N) is 2. The van der Waals surface area contributed by atoms with Gasteiger partial charge in [-0.15, -0.1) is 23.5 Å². The van der Waals surface area contributed by atoms with Crippen LogP contribution in [0.1, 0.15) is 5.56 Å². The topological polar surface area (TPSA) is 101 Å². The van der Waals surface area contributed by atoms with Crippen LogP contribution in [0, 0.1) is 0 Å². The number of likely N-dealkylation sites (N-methyl/N-ethyl adjacent to an activating group) is 1. The SMILES string of the molecule is COCCOCCOc1ccc(C2=N[C@@H]([C@H]3SC[C@H](C(=O)O)N3C)CS2)c(O)c1. The van der Waals surface area contributed by atoms with Crippen molar-refractivity contribution in [2.75, 3.05) is 52.1 Å². The first kappa shape index (κ1) is 22.2. The lowest BCUT2D eigenvalue weighted by Crippen LogP contribution is -2.42. The molecule has 0 unspecified atom stereocenters. The van der Waals surface area contributed by atoms with Crippen LogP contribution in [0.4, 0.5) is 0 Å². The van der Waals surface area contributed by atoms with E-state index in [4.69, 9.17) is 19.2 Å². The van der Waals surface area contributed by atoms with Gasteiger partial charge in [-0.05, 0) is 19.2 Å². The van der Waals surface area contributed by atoms with Gasteiger partial charge in [-0.2, -0.15) is 0 Å². The molecule has 8 nitrogen and oxygen atoms in total. The zero-order valence-electron chi connectivity index (χ0n) is 16.4. The van der Waals surface area contributed by atoms with Gasteiger partial charge >= 0.3 is 5.97 Å². The lowest BCUT2D eigenvalue weighted by atomic mass is 10.2. The van der Waals surface area contributed by atoms with Crippen LogP contribution in [0.15, 0.2) is 23.2 Å². The first-order chi connectivity index (χ1) is 14.0. The number of carboxylic acid groups (broad SMARTS) is 1. The highest BCUT2D eigenvalue weighted by Crippen LogP contribution is 2.38. The van der Waals surface area contributed by atoms with Gasteiger partial charge < -0.3 is 24.4 Å². The largest absolute Gasteiger partial charge is 0.507 e. The van der Waals surface area contributed by atoms with E-state index in [1.807, 2.05) is 11.9 Å². The molecule has 0 radical (unpaired) electrons. The number of methoxy groups -OCH3 is 1. The number of carboxylic acids is 1. The zero-order chi connectivity index (χ0) is 20.8. The van der Waals surface area contributed by atoms with E-state index in [0.717, 1.165) is 10.8 Å². The minimum atomic E-state index is -0.797. The number of phenols is 1. The maximum Gasteiger partial charge on any atom is 0.321 e. The molecule has 10 heteroatoms. The Labute approximate surface area is 178 Å². The Balaban J connectivity index is 1.57. The van der Waals surface area contributed by atoms with Crippen LogP contribution in [0.3, 0.4) is 0 Å². The van der Waals surface area contributed by atoms with Crippen LogP contribution in [0.5, 0.6) is 11.5 Å². The highest BCUT2D eigenvalue weighted by molar-refractivity contribution is 8.14. The minimum Gasteiger partial charge on any atom is -0.507 e. The van der Waals surface area contributed by atoms with E-state index in [9.17, 15) is 15.0 Å². The van der Waals surface area contributed by atoms with Crippen molar-refractivity contribution < 1.29 is 29.2 Å². The second kappa shape index (κ2) is 10.5. The molecule has 160 valence electrons. The molecule has 1 aromatic rings. The molecule has 1 fully saturated rings. The van der Waals surface area contributed by atoms with Crippen LogP contribution >= 0.6 is 23.5 Å². The number of aliphatic carboxylic acids is 1. The minimum absolute atomic E-state index is 0.00562. The van der Waals surface area contributed by atoms with E-state index in [2.05, 4.69) is 0 Å². The molecule has 0 bridgehead atoms. The standard InChI is InChI=1S/C19H26N2O6S2/c1-21-15(19(23)24)11-29-18(21)14-10-28-17(20-14)13-4-3-12(9-16(13)22)27-8-7-26-6-5-25-2/h3-4,9,14-15,18,22H,5-8,10-11H2,1-2H3,(H,23,24)/t14-,15-,18-/m1/s1. The van der Waals surface area contributed by atoms with Crippen molar-refractivity contribution in [2.45, 2.75) is 17.5 Å². The summed E-state index contributed by atoms with van der Waals surface area (Å²) in [5, 5.41) is 20.5. The van der Waals surface area contributed by atoms with Crippen molar-refractivity contribution in [3.63, 3.8) is 0 Å². The Morgan fingerprint density at radius 2 is 2.07 bits per heavy atom. The van der Waals surface area contributed by atoms with Crippen LogP contribution < -0.4 is 4.74 Å². The van der Waals surface area contributed by atoms with Gasteiger partial charge in [-0.3, -0.25) is 14.7 Å². The third-order valence-electron chi connectivity index (χ3n) is 4.73. The normalized spacial score (nSPS) is 24.6. The van der Waals surface area contributed by atoms with Crippen molar-refractivity contribution in [3.8, 4) is 11.5 Å². The summed E-state index contributed by atoms with van der Waals surface area (Å²) in [6, 6.07) is 4.71. The third-order valence-corrected chi connectivity index (χ3v) is 7.34. The highest BCUT2D eigenvalue weighted by Gasteiger charge is 2.41. The monoisotopic (exact) mass is 442 g/mol. The highest BCUT2D eigenvalue weighted by atomic mass is 32.2. The molecule has 29 heavy (non-hydrogen) atoms. The fraction of sp³-hybridized carbons (Fsp3) is 0.579. The maximum absolute atomic E-state index is 11.3. The number of benzene rings is 1. The molecule has 0 saturated carbocycles. The molecule has 2 N–H and O–H groups in total. The third kappa shape index (κ3) is 5.58. The van der Waals surface area contributed by atoms with E-state index in [1.165, 1.54) is 0 Å². The molecule has 0 spiro atoms. The van der Waals surface area contributed by atoms with Crippen molar-refractivity contribution in [3.05, 3.63) is 23.8 Å². The molecule has 0 aromatic heterocycles. The first-order valence-electron chi connectivity index (χ1n) is 9.31. The number of phenolic OH excluding ortho intramolecular Hbond substituents is 1. The molecule has 1 aromatic carbocycles. The molecule has 0 amide bonds. The van der Waals surface area contributed by atoms with Crippen molar-refractivity contribution in [1.82, 2.24) is 4.90 Å². The number of hydrogen-bond acceptors (Lipinski definition) is 9. The van der Waals surface area contributed by atoms with Crippen LogP contribution in [0.2, 0.25) is 0 Å². The number of ether oxygens (including phenoxy) is 3. The number of aromatic hydroxyl groups is 1. The second-order valence-electron chi connectivity index (χ2n) is 6.69. The number of carbonyl (C=O) groups is 1. The Kier molecular flexibility index (Phi) is 8.07. The van der Waals surface area contributed by atoms with Gasteiger partial charge in [0.2, 0.25) is 0 Å². The Bertz CT molecular complexity index is 747. The molecule has 0 aliphatic carbocycles. The fourth-order valence-electron chi connectivity index (χ4n) is 3.16. The molecule has 3 rings (SSSR count). The number of thioether (sulfide) groups is 2. The van der Waals surface area contributed by atoms with Crippen LogP contribution in [-0.2, 0) is 14.3 Å². The number of aliphatic imine (C=N–C) groups is 1. The van der Waals surface area contributed by atoms with Gasteiger partial charge in [0, 0.05) is 30.2 Å². The first-order valence-corrected chi connectivity index (χ1v) is 11.3. The van der Waals surface area contributed by atoms with Gasteiger partial charge in [0.05, 0.1) is 31.2 Å². The summed E-state index contributed by atoms with van der Waals surface area (Å²) in [7, 11) is 3.46. The lowest BCUT2D eigenvalue weighted by Gasteiger charge is -2.24. The Morgan fingerprint density at radius 3 is 2.76 bits per heavy atom. The molecule has 2 aliphatic heterocycles. The summed E-state index contributed by atoms with van der Waals surface area (Å²) >= 11 is 3.21. The molecule has 2 aliphatic rings. The van der Waals surface area contributed by atoms with Gasteiger partial charge in [0.25, 0.3) is 0 Å². The van der Waals surface area contributed by atoms with Gasteiger partial charge in [-0.25, -0.2) is 0 Å². The van der Waals surface area contributed by atoms with Crippen molar-refractivity contribution >= 4 is 34.5 Å². The molecule has 2 heterocycles. The molecule has 1 saturated heterocycles. The summed E-state index contributed by atoms with van der Waals surface area (Å²) in [5.41, 5.74) is 0.668. The van der Waals surface area contributed by atoms with Crippen molar-refractivity contribution in [1.29, 1.82) is 0 Å². The predicted molar refractivity (Wildman–Crippen MR) is 115 cm³/mol. The van der Waals surface area contributed by atoms with E-state index in [1.54, 1.807) is 48.8 Å².